The maximum Gasteiger partial charge on any atom is 0.261 e. The smallest absolute Gasteiger partial charge is 0.261 e. The molecule has 0 aliphatic rings. The third-order valence-corrected chi connectivity index (χ3v) is 5.32. The molecule has 2 N–H and O–H groups in total. The van der Waals surface area contributed by atoms with Gasteiger partial charge in [-0.25, -0.2) is 13.9 Å². The first-order valence-corrected chi connectivity index (χ1v) is 9.15. The van der Waals surface area contributed by atoms with E-state index in [1.807, 2.05) is 18.2 Å². The zero-order chi connectivity index (χ0) is 18.4. The molecule has 0 saturated carbocycles. The molecular formula is C17H20N2O5S. The van der Waals surface area contributed by atoms with Crippen molar-refractivity contribution in [1.82, 2.24) is 10.4 Å². The number of sulfone groups is 1. The molecule has 0 aliphatic carbocycles. The number of hydrogen-bond donors (Lipinski definition) is 2. The quantitative estimate of drug-likeness (QED) is 0.573. The molecule has 0 aromatic heterocycles. The van der Waals surface area contributed by atoms with Crippen LogP contribution >= 0.6 is 0 Å². The zero-order valence-corrected chi connectivity index (χ0v) is 14.7. The lowest BCUT2D eigenvalue weighted by Gasteiger charge is -2.21. The summed E-state index contributed by atoms with van der Waals surface area (Å²) in [4.78, 5) is 13.1. The number of likely N-dealkylation sites (N-methyl/N-ethyl adjacent to an activating group) is 1. The van der Waals surface area contributed by atoms with Gasteiger partial charge in [0.15, 0.2) is 9.84 Å². The first-order chi connectivity index (χ1) is 11.8. The number of amides is 1. The molecule has 1 atom stereocenters. The van der Waals surface area contributed by atoms with Gasteiger partial charge in [-0.2, -0.15) is 0 Å². The highest BCUT2D eigenvalue weighted by molar-refractivity contribution is 7.91. The van der Waals surface area contributed by atoms with Crippen molar-refractivity contribution in [2.75, 3.05) is 19.8 Å². The fraction of sp³-hybridized carbons (Fsp3) is 0.235. The van der Waals surface area contributed by atoms with E-state index in [9.17, 15) is 13.2 Å². The SMILES string of the molecule is CN(C)C(CS(=O)(=O)c1ccc(Oc2ccccc2)cc1)C(=O)NO. The van der Waals surface area contributed by atoms with E-state index in [1.165, 1.54) is 22.5 Å². The highest BCUT2D eigenvalue weighted by Gasteiger charge is 2.28. The normalized spacial score (nSPS) is 12.6. The van der Waals surface area contributed by atoms with Crippen LogP contribution in [-0.4, -0.2) is 50.3 Å². The second-order valence-electron chi connectivity index (χ2n) is 5.62. The predicted molar refractivity (Wildman–Crippen MR) is 92.4 cm³/mol. The number of carbonyl (C=O) groups excluding carboxylic acids is 1. The van der Waals surface area contributed by atoms with Gasteiger partial charge in [0.25, 0.3) is 5.91 Å². The number of nitrogens with one attached hydrogen (secondary N) is 1. The van der Waals surface area contributed by atoms with Crippen LogP contribution in [0.25, 0.3) is 0 Å². The van der Waals surface area contributed by atoms with Gasteiger partial charge in [0.2, 0.25) is 0 Å². The van der Waals surface area contributed by atoms with Gasteiger partial charge in [-0.1, -0.05) is 18.2 Å². The van der Waals surface area contributed by atoms with Crippen LogP contribution in [-0.2, 0) is 14.6 Å². The molecule has 7 nitrogen and oxygen atoms in total. The average Bonchev–Trinajstić information content (AvgIpc) is 2.60. The highest BCUT2D eigenvalue weighted by atomic mass is 32.2. The minimum Gasteiger partial charge on any atom is -0.457 e. The van der Waals surface area contributed by atoms with Crippen molar-refractivity contribution in [3.63, 3.8) is 0 Å². The fourth-order valence-corrected chi connectivity index (χ4v) is 3.79. The molecular weight excluding hydrogens is 344 g/mol. The summed E-state index contributed by atoms with van der Waals surface area (Å²) < 4.78 is 30.6. The summed E-state index contributed by atoms with van der Waals surface area (Å²) in [5.41, 5.74) is 1.49. The minimum absolute atomic E-state index is 0.0745. The molecule has 2 rings (SSSR count). The molecule has 0 radical (unpaired) electrons. The van der Waals surface area contributed by atoms with Gasteiger partial charge in [0, 0.05) is 0 Å². The second kappa shape index (κ2) is 8.11. The number of nitrogens with zero attached hydrogens (tertiary/aromatic N) is 1. The Morgan fingerprint density at radius 2 is 1.64 bits per heavy atom. The van der Waals surface area contributed by atoms with Crippen molar-refractivity contribution in [3.05, 3.63) is 54.6 Å². The van der Waals surface area contributed by atoms with Crippen molar-refractivity contribution in [2.24, 2.45) is 0 Å². The van der Waals surface area contributed by atoms with E-state index in [2.05, 4.69) is 0 Å². The Morgan fingerprint density at radius 3 is 2.16 bits per heavy atom. The Bertz CT molecular complexity index is 805. The van der Waals surface area contributed by atoms with Crippen LogP contribution in [0.4, 0.5) is 0 Å². The van der Waals surface area contributed by atoms with E-state index >= 15 is 0 Å². The summed E-state index contributed by atoms with van der Waals surface area (Å²) in [7, 11) is -0.595. The van der Waals surface area contributed by atoms with Crippen molar-refractivity contribution in [2.45, 2.75) is 10.9 Å². The monoisotopic (exact) mass is 364 g/mol. The van der Waals surface area contributed by atoms with Crippen LogP contribution in [0.15, 0.2) is 59.5 Å². The average molecular weight is 364 g/mol. The van der Waals surface area contributed by atoms with Gasteiger partial charge in [0.1, 0.15) is 17.5 Å². The largest absolute Gasteiger partial charge is 0.457 e. The number of para-hydroxylation sites is 1. The molecule has 0 aliphatic heterocycles. The van der Waals surface area contributed by atoms with Crippen molar-refractivity contribution in [3.8, 4) is 11.5 Å². The van der Waals surface area contributed by atoms with Crippen LogP contribution in [0.1, 0.15) is 0 Å². The van der Waals surface area contributed by atoms with Crippen molar-refractivity contribution < 1.29 is 23.2 Å². The number of hydrogen-bond acceptors (Lipinski definition) is 6. The first kappa shape index (κ1) is 18.9. The molecule has 0 bridgehead atoms. The molecule has 134 valence electrons. The topological polar surface area (TPSA) is 95.9 Å². The van der Waals surface area contributed by atoms with Crippen LogP contribution in [0.3, 0.4) is 0 Å². The number of hydroxylamine groups is 1. The van der Waals surface area contributed by atoms with Gasteiger partial charge < -0.3 is 4.74 Å². The standard InChI is InChI=1S/C17H20N2O5S/c1-19(2)16(17(20)18-21)12-25(22,23)15-10-8-14(9-11-15)24-13-6-4-3-5-7-13/h3-11,16,21H,12H2,1-2H3,(H,18,20). The lowest BCUT2D eigenvalue weighted by Crippen LogP contribution is -2.46. The van der Waals surface area contributed by atoms with E-state index in [4.69, 9.17) is 9.94 Å². The summed E-state index contributed by atoms with van der Waals surface area (Å²) >= 11 is 0. The number of benzene rings is 2. The van der Waals surface area contributed by atoms with Gasteiger partial charge in [-0.3, -0.25) is 14.9 Å². The third-order valence-electron chi connectivity index (χ3n) is 3.58. The van der Waals surface area contributed by atoms with Crippen LogP contribution in [0.2, 0.25) is 0 Å². The first-order valence-electron chi connectivity index (χ1n) is 7.49. The summed E-state index contributed by atoms with van der Waals surface area (Å²) in [5.74, 6) is -0.0870. The Balaban J connectivity index is 2.15. The Morgan fingerprint density at radius 1 is 1.08 bits per heavy atom. The van der Waals surface area contributed by atoms with Gasteiger partial charge in [-0.15, -0.1) is 0 Å². The molecule has 0 spiro atoms. The summed E-state index contributed by atoms with van der Waals surface area (Å²) in [6.07, 6.45) is 0. The molecule has 8 heteroatoms. The molecule has 2 aromatic carbocycles. The highest BCUT2D eigenvalue weighted by Crippen LogP contribution is 2.23. The number of carbonyl (C=O) groups is 1. The van der Waals surface area contributed by atoms with Gasteiger partial charge in [0.05, 0.1) is 10.6 Å². The summed E-state index contributed by atoms with van der Waals surface area (Å²) in [6, 6.07) is 14.1. The summed E-state index contributed by atoms with van der Waals surface area (Å²) in [5, 5.41) is 8.76. The molecule has 0 fully saturated rings. The molecule has 1 amide bonds. The Kier molecular flexibility index (Phi) is 6.13. The third kappa shape index (κ3) is 5.02. The van der Waals surface area contributed by atoms with Crippen molar-refractivity contribution >= 4 is 15.7 Å². The zero-order valence-electron chi connectivity index (χ0n) is 13.9. The Hall–Kier alpha value is -2.42. The fourth-order valence-electron chi connectivity index (χ4n) is 2.18. The molecule has 0 heterocycles. The van der Waals surface area contributed by atoms with Crippen LogP contribution < -0.4 is 10.2 Å². The van der Waals surface area contributed by atoms with Crippen molar-refractivity contribution in [1.29, 1.82) is 0 Å². The van der Waals surface area contributed by atoms with Crippen LogP contribution in [0.5, 0.6) is 11.5 Å². The predicted octanol–water partition coefficient (Wildman–Crippen LogP) is 1.69. The molecule has 0 saturated heterocycles. The lowest BCUT2D eigenvalue weighted by atomic mass is 10.3. The molecule has 25 heavy (non-hydrogen) atoms. The summed E-state index contributed by atoms with van der Waals surface area (Å²) in [6.45, 7) is 0. The molecule has 1 unspecified atom stereocenters. The number of ether oxygens (including phenoxy) is 1. The van der Waals surface area contributed by atoms with E-state index in [0.717, 1.165) is 0 Å². The van der Waals surface area contributed by atoms with E-state index in [0.29, 0.717) is 11.5 Å². The van der Waals surface area contributed by atoms with E-state index in [1.54, 1.807) is 38.4 Å². The van der Waals surface area contributed by atoms with Gasteiger partial charge >= 0.3 is 0 Å². The lowest BCUT2D eigenvalue weighted by molar-refractivity contribution is -0.133. The Labute approximate surface area is 146 Å². The maximum absolute atomic E-state index is 12.5. The minimum atomic E-state index is -3.72. The van der Waals surface area contributed by atoms with E-state index in [-0.39, 0.29) is 4.90 Å². The van der Waals surface area contributed by atoms with Crippen LogP contribution in [0, 0.1) is 0 Å². The maximum atomic E-state index is 12.5. The van der Waals surface area contributed by atoms with Gasteiger partial charge in [-0.05, 0) is 50.5 Å². The molecule has 2 aromatic rings. The number of rotatable bonds is 7. The second-order valence-corrected chi connectivity index (χ2v) is 7.66. The van der Waals surface area contributed by atoms with E-state index < -0.39 is 27.5 Å².